The number of sulfonamides is 1. The molecule has 0 amide bonds. The number of rotatable bonds is 3. The fourth-order valence-electron chi connectivity index (χ4n) is 2.77. The Morgan fingerprint density at radius 1 is 1.19 bits per heavy atom. The minimum Gasteiger partial charge on any atom is -0.381 e. The number of hydrogen-bond donors (Lipinski definition) is 2. The molecule has 0 atom stereocenters. The van der Waals surface area contributed by atoms with Crippen LogP contribution in [0.25, 0.3) is 0 Å². The van der Waals surface area contributed by atoms with Gasteiger partial charge in [-0.25, -0.2) is 8.42 Å². The summed E-state index contributed by atoms with van der Waals surface area (Å²) in [5, 5.41) is 2.97. The lowest BCUT2D eigenvalue weighted by Crippen LogP contribution is -2.33. The quantitative estimate of drug-likeness (QED) is 0.883. The zero-order valence-corrected chi connectivity index (χ0v) is 13.4. The molecule has 2 N–H and O–H groups in total. The first-order valence-corrected chi connectivity index (χ1v) is 8.62. The van der Waals surface area contributed by atoms with Crippen LogP contribution in [-0.4, -0.2) is 33.4 Å². The van der Waals surface area contributed by atoms with Gasteiger partial charge in [0.15, 0.2) is 0 Å². The average molecular weight is 333 g/mol. The van der Waals surface area contributed by atoms with Crippen LogP contribution in [0.4, 0.5) is 5.69 Å². The second kappa shape index (κ2) is 6.96. The molecular weight excluding hydrogens is 312 g/mol. The first-order chi connectivity index (χ1) is 9.65. The zero-order chi connectivity index (χ0) is 14.0. The highest BCUT2D eigenvalue weighted by Crippen LogP contribution is 2.23. The van der Waals surface area contributed by atoms with E-state index >= 15 is 0 Å². The third-order valence-corrected chi connectivity index (χ3v) is 5.83. The molecule has 3 rings (SSSR count). The van der Waals surface area contributed by atoms with E-state index in [-0.39, 0.29) is 17.7 Å². The summed E-state index contributed by atoms with van der Waals surface area (Å²) in [6.07, 6.45) is 2.09. The van der Waals surface area contributed by atoms with Crippen molar-refractivity contribution in [2.75, 3.05) is 24.5 Å². The van der Waals surface area contributed by atoms with Gasteiger partial charge in [0, 0.05) is 25.4 Å². The summed E-state index contributed by atoms with van der Waals surface area (Å²) in [6.45, 7) is 2.87. The molecule has 0 radical (unpaired) electrons. The minimum absolute atomic E-state index is 0. The molecule has 1 saturated heterocycles. The van der Waals surface area contributed by atoms with Crippen molar-refractivity contribution in [2.45, 2.75) is 31.1 Å². The highest BCUT2D eigenvalue weighted by Gasteiger charge is 2.27. The van der Waals surface area contributed by atoms with Crippen molar-refractivity contribution in [1.29, 1.82) is 0 Å². The van der Waals surface area contributed by atoms with E-state index in [4.69, 9.17) is 4.74 Å². The first-order valence-electron chi connectivity index (χ1n) is 7.07. The van der Waals surface area contributed by atoms with Crippen molar-refractivity contribution in [3.05, 3.63) is 29.3 Å². The molecule has 1 aromatic rings. The van der Waals surface area contributed by atoms with Crippen molar-refractivity contribution < 1.29 is 13.2 Å². The molecule has 2 aliphatic heterocycles. The van der Waals surface area contributed by atoms with E-state index in [1.54, 1.807) is 0 Å². The van der Waals surface area contributed by atoms with E-state index in [0.29, 0.717) is 31.7 Å². The maximum absolute atomic E-state index is 12.3. The van der Waals surface area contributed by atoms with E-state index < -0.39 is 10.0 Å². The van der Waals surface area contributed by atoms with Crippen LogP contribution >= 0.6 is 12.4 Å². The predicted octanol–water partition coefficient (Wildman–Crippen LogP) is 1.67. The van der Waals surface area contributed by atoms with Crippen molar-refractivity contribution in [3.8, 4) is 0 Å². The molecule has 0 bridgehead atoms. The Hall–Kier alpha value is -0.820. The number of anilines is 1. The molecule has 7 heteroatoms. The van der Waals surface area contributed by atoms with Gasteiger partial charge in [0.05, 0.1) is 5.25 Å². The number of fused-ring (bicyclic) bond motifs is 1. The number of nitrogens with one attached hydrogen (secondary N) is 2. The van der Waals surface area contributed by atoms with E-state index in [9.17, 15) is 8.42 Å². The molecular formula is C14H21ClN2O3S. The van der Waals surface area contributed by atoms with Crippen LogP contribution in [0.3, 0.4) is 0 Å². The normalized spacial score (nSPS) is 19.4. The molecule has 1 aromatic carbocycles. The molecule has 0 saturated carbocycles. The first kappa shape index (κ1) is 16.5. The molecule has 0 aliphatic carbocycles. The largest absolute Gasteiger partial charge is 0.381 e. The molecule has 21 heavy (non-hydrogen) atoms. The Morgan fingerprint density at radius 3 is 2.71 bits per heavy atom. The maximum atomic E-state index is 12.3. The summed E-state index contributed by atoms with van der Waals surface area (Å²) in [7, 11) is -3.31. The lowest BCUT2D eigenvalue weighted by molar-refractivity contribution is 0.0984. The fourth-order valence-corrected chi connectivity index (χ4v) is 4.21. The summed E-state index contributed by atoms with van der Waals surface area (Å²) < 4.78 is 32.6. The Kier molecular flexibility index (Phi) is 5.48. The minimum atomic E-state index is -3.31. The van der Waals surface area contributed by atoms with Crippen LogP contribution in [0, 0.1) is 0 Å². The van der Waals surface area contributed by atoms with Crippen LogP contribution in [0.15, 0.2) is 18.2 Å². The third kappa shape index (κ3) is 3.88. The van der Waals surface area contributed by atoms with Crippen LogP contribution in [0.1, 0.15) is 24.0 Å². The third-order valence-electron chi connectivity index (χ3n) is 3.96. The monoisotopic (exact) mass is 332 g/mol. The number of hydrogen-bond acceptors (Lipinski definition) is 4. The number of halogens is 1. The summed E-state index contributed by atoms with van der Waals surface area (Å²) >= 11 is 0. The van der Waals surface area contributed by atoms with Crippen molar-refractivity contribution in [3.63, 3.8) is 0 Å². The van der Waals surface area contributed by atoms with Gasteiger partial charge in [0.25, 0.3) is 0 Å². The Labute approximate surface area is 131 Å². The van der Waals surface area contributed by atoms with E-state index in [2.05, 4.69) is 10.0 Å². The number of benzene rings is 1. The predicted molar refractivity (Wildman–Crippen MR) is 85.5 cm³/mol. The van der Waals surface area contributed by atoms with Gasteiger partial charge >= 0.3 is 0 Å². The average Bonchev–Trinajstić information content (AvgIpc) is 2.48. The standard InChI is InChI=1S/C14H20N2O3S.ClH/c17-20(18,14-4-7-19-8-5-14)16-13-2-1-12-10-15-6-3-11(12)9-13;/h1-2,9,14-16H,3-8,10H2;1H. The van der Waals surface area contributed by atoms with Crippen molar-refractivity contribution in [1.82, 2.24) is 5.32 Å². The Balaban J connectivity index is 0.00000161. The second-order valence-corrected chi connectivity index (χ2v) is 7.33. The SMILES string of the molecule is Cl.O=S(=O)(Nc1ccc2c(c1)CCNC2)C1CCOCC1. The van der Waals surface area contributed by atoms with Crippen LogP contribution in [-0.2, 0) is 27.7 Å². The zero-order valence-electron chi connectivity index (χ0n) is 11.8. The van der Waals surface area contributed by atoms with Gasteiger partial charge in [0.1, 0.15) is 0 Å². The number of ether oxygens (including phenoxy) is 1. The molecule has 0 spiro atoms. The molecule has 0 aromatic heterocycles. The molecule has 118 valence electrons. The Morgan fingerprint density at radius 2 is 1.95 bits per heavy atom. The van der Waals surface area contributed by atoms with Crippen LogP contribution in [0.2, 0.25) is 0 Å². The molecule has 0 unspecified atom stereocenters. The van der Waals surface area contributed by atoms with E-state index in [1.807, 2.05) is 18.2 Å². The summed E-state index contributed by atoms with van der Waals surface area (Å²) in [5.74, 6) is 0. The lowest BCUT2D eigenvalue weighted by atomic mass is 10.0. The van der Waals surface area contributed by atoms with Gasteiger partial charge in [0.2, 0.25) is 10.0 Å². The van der Waals surface area contributed by atoms with Gasteiger partial charge in [-0.05, 0) is 49.1 Å². The fraction of sp³-hybridized carbons (Fsp3) is 0.571. The maximum Gasteiger partial charge on any atom is 0.235 e. The molecule has 2 aliphatic rings. The lowest BCUT2D eigenvalue weighted by Gasteiger charge is -2.23. The van der Waals surface area contributed by atoms with Gasteiger partial charge < -0.3 is 10.1 Å². The summed E-state index contributed by atoms with van der Waals surface area (Å²) in [6, 6.07) is 5.82. The molecule has 5 nitrogen and oxygen atoms in total. The highest BCUT2D eigenvalue weighted by atomic mass is 35.5. The van der Waals surface area contributed by atoms with Crippen molar-refractivity contribution >= 4 is 28.1 Å². The van der Waals surface area contributed by atoms with Crippen molar-refractivity contribution in [2.24, 2.45) is 0 Å². The summed E-state index contributed by atoms with van der Waals surface area (Å²) in [4.78, 5) is 0. The van der Waals surface area contributed by atoms with Gasteiger partial charge in [-0.3, -0.25) is 4.72 Å². The van der Waals surface area contributed by atoms with Gasteiger partial charge in [-0.1, -0.05) is 6.07 Å². The van der Waals surface area contributed by atoms with Gasteiger partial charge in [-0.15, -0.1) is 12.4 Å². The van der Waals surface area contributed by atoms with E-state index in [0.717, 1.165) is 19.5 Å². The smallest absolute Gasteiger partial charge is 0.235 e. The highest BCUT2D eigenvalue weighted by molar-refractivity contribution is 7.93. The molecule has 2 heterocycles. The van der Waals surface area contributed by atoms with E-state index in [1.165, 1.54) is 11.1 Å². The summed E-state index contributed by atoms with van der Waals surface area (Å²) in [5.41, 5.74) is 3.17. The molecule has 1 fully saturated rings. The van der Waals surface area contributed by atoms with Crippen LogP contribution < -0.4 is 10.0 Å². The topological polar surface area (TPSA) is 67.4 Å². The second-order valence-electron chi connectivity index (χ2n) is 5.37. The van der Waals surface area contributed by atoms with Crippen LogP contribution in [0.5, 0.6) is 0 Å². The Bertz CT molecular complexity index is 586. The van der Waals surface area contributed by atoms with Gasteiger partial charge in [-0.2, -0.15) is 0 Å².